The summed E-state index contributed by atoms with van der Waals surface area (Å²) in [5.74, 6) is 1.09. The number of nitrogens with one attached hydrogen (secondary N) is 2. The van der Waals surface area contributed by atoms with Crippen LogP contribution in [0.2, 0.25) is 0 Å². The Hall–Kier alpha value is -2.04. The maximum absolute atomic E-state index is 4.59. The van der Waals surface area contributed by atoms with Gasteiger partial charge >= 0.3 is 0 Å². The topological polar surface area (TPSA) is 56.8 Å². The van der Waals surface area contributed by atoms with Crippen LogP contribution in [-0.2, 0) is 6.54 Å². The summed E-state index contributed by atoms with van der Waals surface area (Å²) in [6.45, 7) is 7.12. The lowest BCUT2D eigenvalue weighted by atomic mass is 10.1. The van der Waals surface area contributed by atoms with E-state index in [4.69, 9.17) is 0 Å². The molecule has 0 radical (unpaired) electrons. The Morgan fingerprint density at radius 2 is 2.00 bits per heavy atom. The van der Waals surface area contributed by atoms with Crippen molar-refractivity contribution in [2.24, 2.45) is 0 Å². The van der Waals surface area contributed by atoms with Crippen molar-refractivity contribution in [3.05, 3.63) is 35.3 Å². The van der Waals surface area contributed by atoms with E-state index in [1.807, 2.05) is 13.1 Å². The molecule has 5 nitrogen and oxygen atoms in total. The Morgan fingerprint density at radius 3 is 2.62 bits per heavy atom. The maximum Gasteiger partial charge on any atom is 0.128 e. The van der Waals surface area contributed by atoms with Crippen LogP contribution in [0.4, 0.5) is 11.5 Å². The fourth-order valence-corrected chi connectivity index (χ4v) is 2.83. The second-order valence-corrected chi connectivity index (χ2v) is 5.72. The first-order chi connectivity index (χ1) is 10.2. The lowest BCUT2D eigenvalue weighted by Gasteiger charge is -2.27. The molecule has 2 aromatic rings. The zero-order valence-corrected chi connectivity index (χ0v) is 12.8. The van der Waals surface area contributed by atoms with Gasteiger partial charge in [-0.25, -0.2) is 4.98 Å². The maximum atomic E-state index is 4.59. The van der Waals surface area contributed by atoms with Crippen LogP contribution >= 0.6 is 0 Å². The first-order valence-electron chi connectivity index (χ1n) is 7.69. The van der Waals surface area contributed by atoms with Gasteiger partial charge in [0, 0.05) is 30.9 Å². The van der Waals surface area contributed by atoms with Gasteiger partial charge < -0.3 is 10.2 Å². The van der Waals surface area contributed by atoms with E-state index in [1.54, 1.807) is 0 Å². The largest absolute Gasteiger partial charge is 0.380 e. The van der Waals surface area contributed by atoms with Crippen LogP contribution in [0.5, 0.6) is 0 Å². The molecule has 2 aromatic heterocycles. The van der Waals surface area contributed by atoms with E-state index < -0.39 is 0 Å². The molecule has 0 spiro atoms. The van der Waals surface area contributed by atoms with Crippen molar-refractivity contribution in [2.45, 2.75) is 39.7 Å². The third-order valence-electron chi connectivity index (χ3n) is 4.18. The van der Waals surface area contributed by atoms with E-state index >= 15 is 0 Å². The van der Waals surface area contributed by atoms with Gasteiger partial charge in [0.2, 0.25) is 0 Å². The standard InChI is InChI=1S/C16H23N5/c1-12-15(13(2)20-19-12)11-17-14-6-7-16(18-10-14)21-8-4-3-5-9-21/h6-7,10,17H,3-5,8-9,11H2,1-2H3,(H,19,20). The third-order valence-corrected chi connectivity index (χ3v) is 4.18. The van der Waals surface area contributed by atoms with Gasteiger partial charge in [-0.05, 0) is 45.2 Å². The number of aromatic nitrogens is 3. The van der Waals surface area contributed by atoms with E-state index in [2.05, 4.69) is 44.5 Å². The molecule has 112 valence electrons. The Morgan fingerprint density at radius 1 is 1.19 bits per heavy atom. The van der Waals surface area contributed by atoms with Crippen LogP contribution in [0.1, 0.15) is 36.2 Å². The summed E-state index contributed by atoms with van der Waals surface area (Å²) in [6, 6.07) is 4.23. The SMILES string of the molecule is Cc1n[nH]c(C)c1CNc1ccc(N2CCCCC2)nc1. The highest BCUT2D eigenvalue weighted by Crippen LogP contribution is 2.19. The minimum Gasteiger partial charge on any atom is -0.380 e. The van der Waals surface area contributed by atoms with Crippen molar-refractivity contribution in [1.82, 2.24) is 15.2 Å². The van der Waals surface area contributed by atoms with E-state index in [-0.39, 0.29) is 0 Å². The number of aromatic amines is 1. The smallest absolute Gasteiger partial charge is 0.128 e. The van der Waals surface area contributed by atoms with Gasteiger partial charge in [0.05, 0.1) is 17.6 Å². The number of anilines is 2. The quantitative estimate of drug-likeness (QED) is 0.906. The predicted octanol–water partition coefficient (Wildman–Crippen LogP) is 3.02. The average molecular weight is 285 g/mol. The van der Waals surface area contributed by atoms with Crippen molar-refractivity contribution in [3.63, 3.8) is 0 Å². The summed E-state index contributed by atoms with van der Waals surface area (Å²) < 4.78 is 0. The van der Waals surface area contributed by atoms with Crippen molar-refractivity contribution in [2.75, 3.05) is 23.3 Å². The number of piperidine rings is 1. The molecule has 3 rings (SSSR count). The van der Waals surface area contributed by atoms with Crippen molar-refractivity contribution >= 4 is 11.5 Å². The highest BCUT2D eigenvalue weighted by Gasteiger charge is 2.11. The van der Waals surface area contributed by atoms with Crippen LogP contribution in [0.3, 0.4) is 0 Å². The number of aryl methyl sites for hydroxylation is 2. The monoisotopic (exact) mass is 285 g/mol. The van der Waals surface area contributed by atoms with Crippen LogP contribution < -0.4 is 10.2 Å². The molecule has 2 N–H and O–H groups in total. The summed E-state index contributed by atoms with van der Waals surface area (Å²) in [5, 5.41) is 10.6. The van der Waals surface area contributed by atoms with Crippen LogP contribution in [0, 0.1) is 13.8 Å². The molecule has 0 aliphatic carbocycles. The molecule has 0 bridgehead atoms. The Kier molecular flexibility index (Phi) is 4.08. The Bertz CT molecular complexity index is 562. The first kappa shape index (κ1) is 13.9. The second kappa shape index (κ2) is 6.16. The van der Waals surface area contributed by atoms with E-state index in [9.17, 15) is 0 Å². The number of hydrogen-bond donors (Lipinski definition) is 2. The lowest BCUT2D eigenvalue weighted by Crippen LogP contribution is -2.30. The molecule has 0 atom stereocenters. The van der Waals surface area contributed by atoms with Gasteiger partial charge in [0.25, 0.3) is 0 Å². The van der Waals surface area contributed by atoms with Crippen molar-refractivity contribution in [3.8, 4) is 0 Å². The number of hydrogen-bond acceptors (Lipinski definition) is 4. The fraction of sp³-hybridized carbons (Fsp3) is 0.500. The summed E-state index contributed by atoms with van der Waals surface area (Å²) in [4.78, 5) is 6.96. The zero-order chi connectivity index (χ0) is 14.7. The highest BCUT2D eigenvalue weighted by molar-refractivity contribution is 5.49. The van der Waals surface area contributed by atoms with E-state index in [0.717, 1.165) is 42.5 Å². The Balaban J connectivity index is 1.62. The van der Waals surface area contributed by atoms with Gasteiger partial charge in [-0.1, -0.05) is 0 Å². The molecular weight excluding hydrogens is 262 g/mol. The molecule has 21 heavy (non-hydrogen) atoms. The normalized spacial score (nSPS) is 15.2. The molecule has 1 fully saturated rings. The van der Waals surface area contributed by atoms with Crippen LogP contribution in [0.15, 0.2) is 18.3 Å². The Labute approximate surface area is 125 Å². The van der Waals surface area contributed by atoms with Crippen LogP contribution in [-0.4, -0.2) is 28.3 Å². The summed E-state index contributed by atoms with van der Waals surface area (Å²) in [5.41, 5.74) is 4.46. The minimum absolute atomic E-state index is 0.777. The summed E-state index contributed by atoms with van der Waals surface area (Å²) in [7, 11) is 0. The second-order valence-electron chi connectivity index (χ2n) is 5.72. The highest BCUT2D eigenvalue weighted by atomic mass is 15.2. The number of pyridine rings is 1. The molecule has 1 aliphatic rings. The average Bonchev–Trinajstić information content (AvgIpc) is 2.85. The molecule has 1 saturated heterocycles. The molecule has 3 heterocycles. The summed E-state index contributed by atoms with van der Waals surface area (Å²) >= 11 is 0. The van der Waals surface area contributed by atoms with Gasteiger partial charge in [-0.2, -0.15) is 5.10 Å². The predicted molar refractivity (Wildman–Crippen MR) is 85.7 cm³/mol. The third kappa shape index (κ3) is 3.17. The minimum atomic E-state index is 0.777. The van der Waals surface area contributed by atoms with Gasteiger partial charge in [-0.3, -0.25) is 5.10 Å². The molecular formula is C16H23N5. The zero-order valence-electron chi connectivity index (χ0n) is 12.8. The van der Waals surface area contributed by atoms with Gasteiger partial charge in [0.1, 0.15) is 5.82 Å². The summed E-state index contributed by atoms with van der Waals surface area (Å²) in [6.07, 6.45) is 5.83. The number of H-pyrrole nitrogens is 1. The van der Waals surface area contributed by atoms with Gasteiger partial charge in [-0.15, -0.1) is 0 Å². The lowest BCUT2D eigenvalue weighted by molar-refractivity contribution is 0.573. The van der Waals surface area contributed by atoms with Crippen molar-refractivity contribution < 1.29 is 0 Å². The van der Waals surface area contributed by atoms with Gasteiger partial charge in [0.15, 0.2) is 0 Å². The molecule has 0 unspecified atom stereocenters. The van der Waals surface area contributed by atoms with E-state index in [1.165, 1.54) is 24.8 Å². The first-order valence-corrected chi connectivity index (χ1v) is 7.69. The molecule has 0 amide bonds. The number of rotatable bonds is 4. The van der Waals surface area contributed by atoms with E-state index in [0.29, 0.717) is 0 Å². The number of nitrogens with zero attached hydrogens (tertiary/aromatic N) is 3. The molecule has 1 aliphatic heterocycles. The van der Waals surface area contributed by atoms with Crippen molar-refractivity contribution in [1.29, 1.82) is 0 Å². The molecule has 0 saturated carbocycles. The fourth-order valence-electron chi connectivity index (χ4n) is 2.83. The molecule has 5 heteroatoms. The molecule has 0 aromatic carbocycles. The van der Waals surface area contributed by atoms with Crippen LogP contribution in [0.25, 0.3) is 0 Å².